The quantitative estimate of drug-likeness (QED) is 0.706. The summed E-state index contributed by atoms with van der Waals surface area (Å²) in [5.41, 5.74) is -0.349. The second-order valence-electron chi connectivity index (χ2n) is 4.85. The molecule has 0 unspecified atom stereocenters. The average molecular weight is 315 g/mol. The fourth-order valence-electron chi connectivity index (χ4n) is 2.15. The standard InChI is InChI=1S/C12H14F5NOS/c13-20(14,15,16,17)11-6-4-5-10(9-11)12(19)18-7-2-1-3-8-18/h4-6,9H,1-3,7-8H2. The van der Waals surface area contributed by atoms with Crippen LogP contribution in [0.5, 0.6) is 0 Å². The van der Waals surface area contributed by atoms with E-state index < -0.39 is 21.0 Å². The van der Waals surface area contributed by atoms with Crippen LogP contribution in [0.3, 0.4) is 0 Å². The summed E-state index contributed by atoms with van der Waals surface area (Å²) in [6.07, 6.45) is 2.50. The molecule has 0 bridgehead atoms. The first-order chi connectivity index (χ1) is 8.97. The molecular weight excluding hydrogens is 301 g/mol. The van der Waals surface area contributed by atoms with Crippen molar-refractivity contribution in [3.8, 4) is 0 Å². The van der Waals surface area contributed by atoms with Crippen LogP contribution in [0.1, 0.15) is 29.6 Å². The van der Waals surface area contributed by atoms with E-state index >= 15 is 0 Å². The highest BCUT2D eigenvalue weighted by Gasteiger charge is 2.65. The van der Waals surface area contributed by atoms with Crippen LogP contribution in [0.4, 0.5) is 19.4 Å². The van der Waals surface area contributed by atoms with Crippen LogP contribution in [0.15, 0.2) is 29.2 Å². The van der Waals surface area contributed by atoms with E-state index in [-0.39, 0.29) is 11.6 Å². The van der Waals surface area contributed by atoms with E-state index in [1.54, 1.807) is 0 Å². The van der Waals surface area contributed by atoms with Crippen LogP contribution in [0.2, 0.25) is 0 Å². The smallest absolute Gasteiger partial charge is 0.310 e. The Kier molecular flexibility index (Phi) is 3.09. The zero-order valence-electron chi connectivity index (χ0n) is 10.5. The van der Waals surface area contributed by atoms with Gasteiger partial charge in [0.1, 0.15) is 4.90 Å². The van der Waals surface area contributed by atoms with Gasteiger partial charge in [-0.15, -0.1) is 0 Å². The molecule has 20 heavy (non-hydrogen) atoms. The second kappa shape index (κ2) is 4.09. The third-order valence-electron chi connectivity index (χ3n) is 3.17. The molecule has 2 rings (SSSR count). The number of hydrogen-bond donors (Lipinski definition) is 0. The summed E-state index contributed by atoms with van der Waals surface area (Å²) in [5, 5.41) is 0. The normalized spacial score (nSPS) is 20.1. The summed E-state index contributed by atoms with van der Waals surface area (Å²) in [6, 6.07) is 2.52. The van der Waals surface area contributed by atoms with E-state index in [0.717, 1.165) is 31.4 Å². The maximum absolute atomic E-state index is 12.7. The van der Waals surface area contributed by atoms with Crippen LogP contribution in [0.25, 0.3) is 0 Å². The van der Waals surface area contributed by atoms with Crippen LogP contribution in [-0.4, -0.2) is 23.9 Å². The summed E-state index contributed by atoms with van der Waals surface area (Å²) in [5.74, 6) is -0.631. The van der Waals surface area contributed by atoms with Gasteiger partial charge in [0.25, 0.3) is 5.91 Å². The van der Waals surface area contributed by atoms with Gasteiger partial charge in [-0.25, -0.2) is 0 Å². The van der Waals surface area contributed by atoms with Gasteiger partial charge in [-0.05, 0) is 37.5 Å². The highest BCUT2D eigenvalue weighted by molar-refractivity contribution is 8.45. The zero-order chi connectivity index (χ0) is 15.1. The minimum atomic E-state index is -9.74. The number of nitrogens with zero attached hydrogens (tertiary/aromatic N) is 1. The van der Waals surface area contributed by atoms with Crippen molar-refractivity contribution in [1.82, 2.24) is 4.90 Å². The summed E-state index contributed by atoms with van der Waals surface area (Å²) in [7, 11) is -9.74. The number of carbonyl (C=O) groups is 1. The Balaban J connectivity index is 2.33. The SMILES string of the molecule is O=C(c1cccc(S(F)(F)(F)(F)F)c1)N1CCCCC1. The first-order valence-electron chi connectivity index (χ1n) is 6.11. The molecule has 0 aliphatic carbocycles. The van der Waals surface area contributed by atoms with Gasteiger partial charge in [0.05, 0.1) is 0 Å². The van der Waals surface area contributed by atoms with Crippen molar-refractivity contribution in [1.29, 1.82) is 0 Å². The summed E-state index contributed by atoms with van der Waals surface area (Å²) in [6.45, 7) is 0.888. The molecule has 0 spiro atoms. The largest absolute Gasteiger partial charge is 0.339 e. The predicted octanol–water partition coefficient (Wildman–Crippen LogP) is 4.97. The Bertz CT molecular complexity index is 536. The van der Waals surface area contributed by atoms with Gasteiger partial charge in [0.2, 0.25) is 0 Å². The van der Waals surface area contributed by atoms with Gasteiger partial charge in [-0.2, -0.15) is 0 Å². The summed E-state index contributed by atoms with van der Waals surface area (Å²) < 4.78 is 63.5. The molecule has 0 N–H and O–H groups in total. The Morgan fingerprint density at radius 2 is 1.60 bits per heavy atom. The van der Waals surface area contributed by atoms with Crippen LogP contribution < -0.4 is 0 Å². The lowest BCUT2D eigenvalue weighted by molar-refractivity contribution is 0.0724. The van der Waals surface area contributed by atoms with Crippen molar-refractivity contribution in [3.05, 3.63) is 29.8 Å². The van der Waals surface area contributed by atoms with Crippen molar-refractivity contribution in [2.75, 3.05) is 13.1 Å². The molecule has 1 aliphatic heterocycles. The van der Waals surface area contributed by atoms with E-state index in [2.05, 4.69) is 0 Å². The topological polar surface area (TPSA) is 20.3 Å². The van der Waals surface area contributed by atoms with Gasteiger partial charge >= 0.3 is 10.2 Å². The summed E-state index contributed by atoms with van der Waals surface area (Å²) >= 11 is 0. The molecule has 1 aromatic rings. The molecule has 1 heterocycles. The van der Waals surface area contributed by atoms with Crippen molar-refractivity contribution < 1.29 is 24.2 Å². The number of benzene rings is 1. The minimum absolute atomic E-state index is 0.249. The molecule has 0 saturated carbocycles. The molecule has 0 aromatic heterocycles. The molecule has 1 fully saturated rings. The van der Waals surface area contributed by atoms with E-state index in [1.807, 2.05) is 0 Å². The second-order valence-corrected chi connectivity index (χ2v) is 7.26. The minimum Gasteiger partial charge on any atom is -0.339 e. The van der Waals surface area contributed by atoms with Gasteiger partial charge in [0, 0.05) is 18.7 Å². The molecule has 114 valence electrons. The van der Waals surface area contributed by atoms with E-state index in [1.165, 1.54) is 4.90 Å². The number of piperidine rings is 1. The third-order valence-corrected chi connectivity index (χ3v) is 4.31. The monoisotopic (exact) mass is 315 g/mol. The van der Waals surface area contributed by atoms with E-state index in [4.69, 9.17) is 0 Å². The van der Waals surface area contributed by atoms with Crippen molar-refractivity contribution in [3.63, 3.8) is 0 Å². The fraction of sp³-hybridized carbons (Fsp3) is 0.417. The molecule has 0 radical (unpaired) electrons. The Morgan fingerprint density at radius 3 is 2.15 bits per heavy atom. The number of likely N-dealkylation sites (tertiary alicyclic amines) is 1. The first kappa shape index (κ1) is 15.1. The molecule has 2 nitrogen and oxygen atoms in total. The summed E-state index contributed by atoms with van der Waals surface area (Å²) in [4.78, 5) is 11.4. The average Bonchev–Trinajstić information content (AvgIpc) is 2.36. The number of halogens is 5. The van der Waals surface area contributed by atoms with Crippen LogP contribution in [0, 0.1) is 0 Å². The predicted molar refractivity (Wildman–Crippen MR) is 67.6 cm³/mol. The maximum atomic E-state index is 12.7. The lowest BCUT2D eigenvalue weighted by Gasteiger charge is -2.40. The Labute approximate surface area is 113 Å². The molecular formula is C12H14F5NOS. The lowest BCUT2D eigenvalue weighted by atomic mass is 10.1. The molecule has 1 aromatic carbocycles. The Morgan fingerprint density at radius 1 is 1.00 bits per heavy atom. The van der Waals surface area contributed by atoms with Gasteiger partial charge in [-0.3, -0.25) is 4.79 Å². The number of rotatable bonds is 2. The first-order valence-corrected chi connectivity index (χ1v) is 8.06. The molecule has 8 heteroatoms. The van der Waals surface area contributed by atoms with Gasteiger partial charge < -0.3 is 4.90 Å². The molecule has 0 atom stereocenters. The van der Waals surface area contributed by atoms with Gasteiger partial charge in [0.15, 0.2) is 0 Å². The maximum Gasteiger partial charge on any atom is 0.310 e. The third kappa shape index (κ3) is 3.41. The van der Waals surface area contributed by atoms with Crippen molar-refractivity contribution >= 4 is 16.1 Å². The van der Waals surface area contributed by atoms with Crippen LogP contribution in [-0.2, 0) is 0 Å². The molecule has 1 saturated heterocycles. The highest BCUT2D eigenvalue weighted by atomic mass is 32.5. The van der Waals surface area contributed by atoms with Crippen LogP contribution >= 0.6 is 10.2 Å². The number of carbonyl (C=O) groups excluding carboxylic acids is 1. The van der Waals surface area contributed by atoms with E-state index in [0.29, 0.717) is 19.2 Å². The highest BCUT2D eigenvalue weighted by Crippen LogP contribution is 3.02. The molecule has 1 aliphatic rings. The van der Waals surface area contributed by atoms with Crippen molar-refractivity contribution in [2.45, 2.75) is 24.2 Å². The Hall–Kier alpha value is -1.31. The number of amides is 1. The number of hydrogen-bond acceptors (Lipinski definition) is 1. The fourth-order valence-corrected chi connectivity index (χ4v) is 2.83. The lowest BCUT2D eigenvalue weighted by Crippen LogP contribution is -2.35. The van der Waals surface area contributed by atoms with Gasteiger partial charge in [-0.1, -0.05) is 25.5 Å². The van der Waals surface area contributed by atoms with E-state index in [9.17, 15) is 24.2 Å². The zero-order valence-corrected chi connectivity index (χ0v) is 11.3. The van der Waals surface area contributed by atoms with Crippen molar-refractivity contribution in [2.24, 2.45) is 0 Å². The molecule has 1 amide bonds.